The van der Waals surface area contributed by atoms with E-state index >= 15 is 0 Å². The van der Waals surface area contributed by atoms with Gasteiger partial charge < -0.3 is 15.3 Å². The highest BCUT2D eigenvalue weighted by atomic mass is 16.4. The van der Waals surface area contributed by atoms with Gasteiger partial charge in [-0.05, 0) is 11.6 Å². The summed E-state index contributed by atoms with van der Waals surface area (Å²) >= 11 is 0. The van der Waals surface area contributed by atoms with Gasteiger partial charge in [0, 0.05) is 11.8 Å². The molecule has 1 heterocycles. The summed E-state index contributed by atoms with van der Waals surface area (Å²) in [5, 5.41) is 34.9. The van der Waals surface area contributed by atoms with Crippen LogP contribution in [-0.2, 0) is 0 Å². The van der Waals surface area contributed by atoms with Crippen LogP contribution < -0.4 is 0 Å². The molecule has 4 N–H and O–H groups in total. The van der Waals surface area contributed by atoms with Crippen molar-refractivity contribution in [1.29, 1.82) is 0 Å². The summed E-state index contributed by atoms with van der Waals surface area (Å²) in [6, 6.07) is 8.90. The van der Waals surface area contributed by atoms with Crippen LogP contribution in [0.15, 0.2) is 36.5 Å². The average molecular weight is 234 g/mol. The van der Waals surface area contributed by atoms with Gasteiger partial charge in [0.05, 0.1) is 12.3 Å². The minimum absolute atomic E-state index is 0.488. The molecular weight excluding hydrogens is 220 g/mol. The molecule has 1 aromatic heterocycles. The number of rotatable bonds is 4. The second-order valence-corrected chi connectivity index (χ2v) is 3.75. The summed E-state index contributed by atoms with van der Waals surface area (Å²) in [5.74, 6) is 0. The molecule has 2 rings (SSSR count). The van der Waals surface area contributed by atoms with E-state index in [1.165, 1.54) is 0 Å². The van der Waals surface area contributed by atoms with E-state index in [1.807, 2.05) is 12.1 Å². The molecule has 0 amide bonds. The molecule has 5 nitrogen and oxygen atoms in total. The third-order valence-corrected chi connectivity index (χ3v) is 2.62. The normalized spacial score (nSPS) is 14.5. The first-order valence-electron chi connectivity index (χ1n) is 5.29. The van der Waals surface area contributed by atoms with E-state index < -0.39 is 18.8 Å². The highest BCUT2D eigenvalue weighted by Crippen LogP contribution is 2.28. The Morgan fingerprint density at radius 2 is 1.94 bits per heavy atom. The van der Waals surface area contributed by atoms with Gasteiger partial charge in [0.2, 0.25) is 0 Å². The van der Waals surface area contributed by atoms with Crippen LogP contribution in [0, 0.1) is 0 Å². The predicted molar refractivity (Wildman–Crippen MR) is 62.1 cm³/mol. The maximum absolute atomic E-state index is 9.92. The molecule has 2 aromatic rings. The standard InChI is InChI=1S/C12H14N2O3/c15-7-11(16)12(17)9-4-2-1-3-8(9)10-5-6-13-14-10/h1-6,11-12,15-17H,7H2,(H,13,14). The van der Waals surface area contributed by atoms with Crippen molar-refractivity contribution >= 4 is 0 Å². The number of aliphatic hydroxyl groups excluding tert-OH is 3. The van der Waals surface area contributed by atoms with E-state index in [-0.39, 0.29) is 0 Å². The molecule has 0 aliphatic rings. The zero-order valence-corrected chi connectivity index (χ0v) is 9.11. The van der Waals surface area contributed by atoms with Gasteiger partial charge in [-0.2, -0.15) is 5.10 Å². The van der Waals surface area contributed by atoms with Crippen molar-refractivity contribution in [2.24, 2.45) is 0 Å². The lowest BCUT2D eigenvalue weighted by atomic mass is 9.97. The summed E-state index contributed by atoms with van der Waals surface area (Å²) < 4.78 is 0. The van der Waals surface area contributed by atoms with Gasteiger partial charge in [0.1, 0.15) is 12.2 Å². The maximum atomic E-state index is 9.92. The summed E-state index contributed by atoms with van der Waals surface area (Å²) in [6.07, 6.45) is -0.709. The van der Waals surface area contributed by atoms with Crippen LogP contribution in [0.25, 0.3) is 11.3 Å². The van der Waals surface area contributed by atoms with Crippen LogP contribution in [0.3, 0.4) is 0 Å². The summed E-state index contributed by atoms with van der Waals surface area (Å²) in [5.41, 5.74) is 2.06. The fraction of sp³-hybridized carbons (Fsp3) is 0.250. The van der Waals surface area contributed by atoms with Gasteiger partial charge in [-0.25, -0.2) is 0 Å². The Bertz CT molecular complexity index is 470. The number of hydrogen-bond donors (Lipinski definition) is 4. The molecule has 90 valence electrons. The van der Waals surface area contributed by atoms with Crippen molar-refractivity contribution in [3.05, 3.63) is 42.1 Å². The Balaban J connectivity index is 2.41. The van der Waals surface area contributed by atoms with E-state index in [4.69, 9.17) is 5.11 Å². The number of nitrogens with zero attached hydrogens (tertiary/aromatic N) is 1. The minimum Gasteiger partial charge on any atom is -0.394 e. The molecule has 0 saturated heterocycles. The summed E-state index contributed by atoms with van der Waals surface area (Å²) in [6.45, 7) is -0.488. The molecule has 0 aliphatic carbocycles. The van der Waals surface area contributed by atoms with Crippen molar-refractivity contribution in [3.8, 4) is 11.3 Å². The number of aromatic nitrogens is 2. The monoisotopic (exact) mass is 234 g/mol. The number of H-pyrrole nitrogens is 1. The van der Waals surface area contributed by atoms with Crippen molar-refractivity contribution in [2.45, 2.75) is 12.2 Å². The Morgan fingerprint density at radius 1 is 1.18 bits per heavy atom. The van der Waals surface area contributed by atoms with Crippen molar-refractivity contribution < 1.29 is 15.3 Å². The predicted octanol–water partition coefficient (Wildman–Crippen LogP) is 0.463. The average Bonchev–Trinajstić information content (AvgIpc) is 2.90. The van der Waals surface area contributed by atoms with Gasteiger partial charge in [0.15, 0.2) is 0 Å². The molecular formula is C12H14N2O3. The van der Waals surface area contributed by atoms with Crippen molar-refractivity contribution in [2.75, 3.05) is 6.61 Å². The second kappa shape index (κ2) is 5.09. The van der Waals surface area contributed by atoms with Crippen LogP contribution in [0.2, 0.25) is 0 Å². The van der Waals surface area contributed by atoms with E-state index in [0.717, 1.165) is 11.3 Å². The summed E-state index contributed by atoms with van der Waals surface area (Å²) in [7, 11) is 0. The highest BCUT2D eigenvalue weighted by Gasteiger charge is 2.20. The van der Waals surface area contributed by atoms with Gasteiger partial charge in [-0.3, -0.25) is 5.10 Å². The van der Waals surface area contributed by atoms with Gasteiger partial charge in [-0.15, -0.1) is 0 Å². The lowest BCUT2D eigenvalue weighted by molar-refractivity contribution is -0.0150. The van der Waals surface area contributed by atoms with Crippen LogP contribution >= 0.6 is 0 Å². The number of nitrogens with one attached hydrogen (secondary N) is 1. The van der Waals surface area contributed by atoms with Gasteiger partial charge in [0.25, 0.3) is 0 Å². The van der Waals surface area contributed by atoms with Crippen LogP contribution in [0.1, 0.15) is 11.7 Å². The Labute approximate surface area is 98.4 Å². The number of aliphatic hydroxyl groups is 3. The van der Waals surface area contributed by atoms with E-state index in [0.29, 0.717) is 5.56 Å². The van der Waals surface area contributed by atoms with Crippen molar-refractivity contribution in [1.82, 2.24) is 10.2 Å². The molecule has 2 unspecified atom stereocenters. The van der Waals surface area contributed by atoms with Crippen LogP contribution in [0.5, 0.6) is 0 Å². The third-order valence-electron chi connectivity index (χ3n) is 2.62. The molecule has 0 bridgehead atoms. The molecule has 0 spiro atoms. The second-order valence-electron chi connectivity index (χ2n) is 3.75. The van der Waals surface area contributed by atoms with Gasteiger partial charge in [-0.1, -0.05) is 24.3 Å². The number of aromatic amines is 1. The molecule has 1 aromatic carbocycles. The largest absolute Gasteiger partial charge is 0.394 e. The Hall–Kier alpha value is -1.69. The molecule has 0 fully saturated rings. The first-order valence-corrected chi connectivity index (χ1v) is 5.29. The summed E-state index contributed by atoms with van der Waals surface area (Å²) in [4.78, 5) is 0. The minimum atomic E-state index is -1.20. The zero-order valence-electron chi connectivity index (χ0n) is 9.11. The number of hydrogen-bond acceptors (Lipinski definition) is 4. The quantitative estimate of drug-likeness (QED) is 0.619. The SMILES string of the molecule is OCC(O)C(O)c1ccccc1-c1ccn[nH]1. The van der Waals surface area contributed by atoms with Crippen LogP contribution in [0.4, 0.5) is 0 Å². The zero-order chi connectivity index (χ0) is 12.3. The number of benzene rings is 1. The third kappa shape index (κ3) is 2.36. The van der Waals surface area contributed by atoms with Gasteiger partial charge >= 0.3 is 0 Å². The van der Waals surface area contributed by atoms with Crippen molar-refractivity contribution in [3.63, 3.8) is 0 Å². The highest BCUT2D eigenvalue weighted by molar-refractivity contribution is 5.63. The Morgan fingerprint density at radius 3 is 2.59 bits per heavy atom. The Kier molecular flexibility index (Phi) is 3.53. The lowest BCUT2D eigenvalue weighted by Gasteiger charge is -2.18. The topological polar surface area (TPSA) is 89.4 Å². The van der Waals surface area contributed by atoms with E-state index in [2.05, 4.69) is 10.2 Å². The fourth-order valence-corrected chi connectivity index (χ4v) is 1.71. The first-order chi connectivity index (χ1) is 8.24. The lowest BCUT2D eigenvalue weighted by Crippen LogP contribution is -2.22. The van der Waals surface area contributed by atoms with E-state index in [9.17, 15) is 10.2 Å². The first kappa shape index (κ1) is 11.8. The smallest absolute Gasteiger partial charge is 0.108 e. The van der Waals surface area contributed by atoms with Crippen LogP contribution in [-0.4, -0.2) is 38.2 Å². The maximum Gasteiger partial charge on any atom is 0.108 e. The fourth-order valence-electron chi connectivity index (χ4n) is 1.71. The molecule has 0 radical (unpaired) electrons. The molecule has 2 atom stereocenters. The molecule has 17 heavy (non-hydrogen) atoms. The molecule has 5 heteroatoms. The van der Waals surface area contributed by atoms with E-state index in [1.54, 1.807) is 24.4 Å². The molecule has 0 saturated carbocycles. The molecule has 0 aliphatic heterocycles.